The first-order valence-corrected chi connectivity index (χ1v) is 9.27. The molecule has 0 aromatic heterocycles. The van der Waals surface area contributed by atoms with Gasteiger partial charge in [-0.25, -0.2) is 0 Å². The van der Waals surface area contributed by atoms with Gasteiger partial charge in [-0.05, 0) is 50.9 Å². The summed E-state index contributed by atoms with van der Waals surface area (Å²) in [6.45, 7) is 0. The van der Waals surface area contributed by atoms with Crippen LogP contribution in [0.1, 0.15) is 33.4 Å². The second kappa shape index (κ2) is 4.95. The average molecular weight is 330 g/mol. The zero-order chi connectivity index (χ0) is 17.1. The monoisotopic (exact) mass is 330 g/mol. The molecule has 0 aliphatic heterocycles. The van der Waals surface area contributed by atoms with Gasteiger partial charge in [-0.1, -0.05) is 97.1 Å². The third-order valence-corrected chi connectivity index (χ3v) is 6.18. The first-order valence-electron chi connectivity index (χ1n) is 9.27. The molecule has 0 N–H and O–H groups in total. The van der Waals surface area contributed by atoms with E-state index in [1.54, 1.807) is 0 Å². The van der Waals surface area contributed by atoms with Crippen LogP contribution in [0.4, 0.5) is 0 Å². The molecular formula is C26H18. The van der Waals surface area contributed by atoms with Crippen LogP contribution in [-0.2, 0) is 11.8 Å². The molecule has 1 spiro atoms. The number of benzene rings is 4. The van der Waals surface area contributed by atoms with Crippen LogP contribution in [0.25, 0.3) is 11.1 Å². The van der Waals surface area contributed by atoms with E-state index >= 15 is 0 Å². The lowest BCUT2D eigenvalue weighted by Gasteiger charge is -2.40. The van der Waals surface area contributed by atoms with E-state index in [0.717, 1.165) is 6.42 Å². The first-order chi connectivity index (χ1) is 12.9. The van der Waals surface area contributed by atoms with Crippen LogP contribution in [-0.4, -0.2) is 0 Å². The molecule has 122 valence electrons. The third kappa shape index (κ3) is 1.55. The van der Waals surface area contributed by atoms with Crippen LogP contribution in [0.2, 0.25) is 0 Å². The molecule has 0 unspecified atom stereocenters. The van der Waals surface area contributed by atoms with Crippen molar-refractivity contribution in [3.8, 4) is 11.1 Å². The topological polar surface area (TPSA) is 0 Å². The molecule has 0 heterocycles. The van der Waals surface area contributed by atoms with Crippen molar-refractivity contribution in [2.24, 2.45) is 0 Å². The summed E-state index contributed by atoms with van der Waals surface area (Å²) >= 11 is 0. The van der Waals surface area contributed by atoms with Gasteiger partial charge in [-0.3, -0.25) is 0 Å². The van der Waals surface area contributed by atoms with Crippen molar-refractivity contribution in [1.29, 1.82) is 0 Å². The number of hydrogen-bond donors (Lipinski definition) is 0. The zero-order valence-corrected chi connectivity index (χ0v) is 14.4. The van der Waals surface area contributed by atoms with E-state index in [2.05, 4.69) is 97.1 Å². The Bertz CT molecular complexity index is 1070. The Kier molecular flexibility index (Phi) is 2.69. The van der Waals surface area contributed by atoms with Crippen LogP contribution in [0.3, 0.4) is 0 Å². The van der Waals surface area contributed by atoms with Gasteiger partial charge in [0.2, 0.25) is 0 Å². The van der Waals surface area contributed by atoms with Gasteiger partial charge in [0.05, 0.1) is 5.41 Å². The van der Waals surface area contributed by atoms with Crippen molar-refractivity contribution in [3.63, 3.8) is 0 Å². The van der Waals surface area contributed by atoms with Gasteiger partial charge in [0.1, 0.15) is 0 Å². The molecule has 0 saturated heterocycles. The van der Waals surface area contributed by atoms with Crippen molar-refractivity contribution in [3.05, 3.63) is 130 Å². The standard InChI is InChI=1S/C26H18/c1-5-13-22-18(9-1)17-19-10-2-6-14-23(19)26(22)24-15-7-3-11-20(24)21-12-4-8-16-25(21)26/h1-16H,17H2. The van der Waals surface area contributed by atoms with E-state index in [9.17, 15) is 0 Å². The summed E-state index contributed by atoms with van der Waals surface area (Å²) in [5.41, 5.74) is 11.1. The Morgan fingerprint density at radius 1 is 0.423 bits per heavy atom. The maximum Gasteiger partial charge on any atom is 0.0719 e. The summed E-state index contributed by atoms with van der Waals surface area (Å²) < 4.78 is 0. The van der Waals surface area contributed by atoms with E-state index in [1.807, 2.05) is 0 Å². The fraction of sp³-hybridized carbons (Fsp3) is 0.0769. The Hall–Kier alpha value is -3.12. The fourth-order valence-electron chi connectivity index (χ4n) is 5.25. The Morgan fingerprint density at radius 2 is 0.808 bits per heavy atom. The molecule has 26 heavy (non-hydrogen) atoms. The van der Waals surface area contributed by atoms with Crippen LogP contribution in [0.15, 0.2) is 97.1 Å². The maximum absolute atomic E-state index is 2.34. The Labute approximate surface area is 153 Å². The summed E-state index contributed by atoms with van der Waals surface area (Å²) in [5.74, 6) is 0. The van der Waals surface area contributed by atoms with Gasteiger partial charge in [-0.15, -0.1) is 0 Å². The predicted molar refractivity (Wildman–Crippen MR) is 107 cm³/mol. The number of rotatable bonds is 0. The predicted octanol–water partition coefficient (Wildman–Crippen LogP) is 5.95. The molecule has 4 aromatic rings. The molecule has 2 aliphatic carbocycles. The van der Waals surface area contributed by atoms with E-state index in [1.165, 1.54) is 44.5 Å². The second-order valence-corrected chi connectivity index (χ2v) is 7.33. The lowest BCUT2D eigenvalue weighted by molar-refractivity contribution is 0.722. The van der Waals surface area contributed by atoms with Gasteiger partial charge < -0.3 is 0 Å². The van der Waals surface area contributed by atoms with Crippen molar-refractivity contribution >= 4 is 0 Å². The normalized spacial score (nSPS) is 15.1. The van der Waals surface area contributed by atoms with Crippen molar-refractivity contribution < 1.29 is 0 Å². The minimum Gasteiger partial charge on any atom is -0.0620 e. The molecule has 0 amide bonds. The largest absolute Gasteiger partial charge is 0.0719 e. The van der Waals surface area contributed by atoms with Gasteiger partial charge in [0, 0.05) is 0 Å². The average Bonchev–Trinajstić information content (AvgIpc) is 3.00. The summed E-state index contributed by atoms with van der Waals surface area (Å²) in [6, 6.07) is 35.9. The highest BCUT2D eigenvalue weighted by Crippen LogP contribution is 2.58. The highest BCUT2D eigenvalue weighted by molar-refractivity contribution is 5.87. The van der Waals surface area contributed by atoms with Crippen molar-refractivity contribution in [2.75, 3.05) is 0 Å². The van der Waals surface area contributed by atoms with Crippen LogP contribution >= 0.6 is 0 Å². The van der Waals surface area contributed by atoms with Crippen molar-refractivity contribution in [1.82, 2.24) is 0 Å². The SMILES string of the molecule is c1ccc2c(c1)Cc1ccccc1C21c2ccccc2-c2ccccc21. The molecular weight excluding hydrogens is 312 g/mol. The van der Waals surface area contributed by atoms with Crippen molar-refractivity contribution in [2.45, 2.75) is 11.8 Å². The molecule has 2 aliphatic rings. The van der Waals surface area contributed by atoms with E-state index < -0.39 is 0 Å². The Morgan fingerprint density at radius 3 is 1.31 bits per heavy atom. The molecule has 0 heteroatoms. The van der Waals surface area contributed by atoms with E-state index in [-0.39, 0.29) is 5.41 Å². The zero-order valence-electron chi connectivity index (χ0n) is 14.4. The van der Waals surface area contributed by atoms with Gasteiger partial charge in [0.25, 0.3) is 0 Å². The lowest BCUT2D eigenvalue weighted by Crippen LogP contribution is -2.34. The fourth-order valence-corrected chi connectivity index (χ4v) is 5.25. The molecule has 0 bridgehead atoms. The number of fused-ring (bicyclic) bond motifs is 9. The van der Waals surface area contributed by atoms with Crippen LogP contribution in [0, 0.1) is 0 Å². The third-order valence-electron chi connectivity index (χ3n) is 6.18. The number of hydrogen-bond acceptors (Lipinski definition) is 0. The minimum absolute atomic E-state index is 0.196. The smallest absolute Gasteiger partial charge is 0.0620 e. The summed E-state index contributed by atoms with van der Waals surface area (Å²) in [7, 11) is 0. The highest BCUT2D eigenvalue weighted by Gasteiger charge is 2.49. The summed E-state index contributed by atoms with van der Waals surface area (Å²) in [5, 5.41) is 0. The quantitative estimate of drug-likeness (QED) is 0.323. The van der Waals surface area contributed by atoms with E-state index in [4.69, 9.17) is 0 Å². The van der Waals surface area contributed by atoms with Crippen LogP contribution < -0.4 is 0 Å². The molecule has 0 fully saturated rings. The molecule has 0 atom stereocenters. The second-order valence-electron chi connectivity index (χ2n) is 7.33. The molecule has 0 saturated carbocycles. The summed E-state index contributed by atoms with van der Waals surface area (Å²) in [4.78, 5) is 0. The van der Waals surface area contributed by atoms with Crippen LogP contribution in [0.5, 0.6) is 0 Å². The van der Waals surface area contributed by atoms with Gasteiger partial charge in [0.15, 0.2) is 0 Å². The molecule has 6 rings (SSSR count). The van der Waals surface area contributed by atoms with Gasteiger partial charge >= 0.3 is 0 Å². The first kappa shape index (κ1) is 14.1. The minimum atomic E-state index is -0.196. The lowest BCUT2D eigenvalue weighted by atomic mass is 9.61. The van der Waals surface area contributed by atoms with Gasteiger partial charge in [-0.2, -0.15) is 0 Å². The maximum atomic E-state index is 2.34. The molecule has 4 aromatic carbocycles. The molecule has 0 radical (unpaired) electrons. The highest BCUT2D eigenvalue weighted by atomic mass is 14.5. The molecule has 0 nitrogen and oxygen atoms in total. The summed E-state index contributed by atoms with van der Waals surface area (Å²) in [6.07, 6.45) is 1.01. The Balaban J connectivity index is 1.87. The van der Waals surface area contributed by atoms with E-state index in [0.29, 0.717) is 0 Å².